The second kappa shape index (κ2) is 14.2. The fraction of sp³-hybridized carbons (Fsp3) is 0.441. The van der Waals surface area contributed by atoms with Gasteiger partial charge in [0.2, 0.25) is 5.91 Å². The normalized spacial score (nSPS) is 16.7. The number of benzene rings is 2. The third-order valence-corrected chi connectivity index (χ3v) is 8.16. The topological polar surface area (TPSA) is 91.6 Å². The first kappa shape index (κ1) is 33.0. The zero-order valence-electron chi connectivity index (χ0n) is 25.6. The summed E-state index contributed by atoms with van der Waals surface area (Å²) >= 11 is 0. The predicted octanol–water partition coefficient (Wildman–Crippen LogP) is 5.92. The molecule has 0 saturated carbocycles. The lowest BCUT2D eigenvalue weighted by Crippen LogP contribution is -2.40. The van der Waals surface area contributed by atoms with E-state index in [2.05, 4.69) is 5.32 Å². The standard InChI is InChI=1S/C34H40F3N3O4/c1-20(2)14-29(40-18-23(8-9-30(40)41)10-12-39-13-11-25(35)19-39)34(44)38-28(17-31(42)43)26-15-24(16-27(36)33(26)37)32-21(3)6-5-7-22(32)4/h5-9,15-16,18,20,25,28-29H,10-14,17,19H2,1-4H3,(H,38,44)(H,42,43)/t25?,28-,29?/m0/s1. The lowest BCUT2D eigenvalue weighted by atomic mass is 9.92. The first-order valence-corrected chi connectivity index (χ1v) is 15.0. The summed E-state index contributed by atoms with van der Waals surface area (Å²) in [5, 5.41) is 12.3. The number of hydrogen-bond donors (Lipinski definition) is 2. The van der Waals surface area contributed by atoms with Gasteiger partial charge in [-0.05, 0) is 79.0 Å². The number of carbonyl (C=O) groups is 2. The summed E-state index contributed by atoms with van der Waals surface area (Å²) in [4.78, 5) is 40.8. The number of pyridine rings is 1. The molecule has 3 atom stereocenters. The van der Waals surface area contributed by atoms with Crippen LogP contribution in [0.5, 0.6) is 0 Å². The summed E-state index contributed by atoms with van der Waals surface area (Å²) in [5.74, 6) is -4.44. The van der Waals surface area contributed by atoms with Crippen LogP contribution in [0.4, 0.5) is 13.2 Å². The molecule has 0 aliphatic carbocycles. The highest BCUT2D eigenvalue weighted by atomic mass is 19.2. The molecule has 0 radical (unpaired) electrons. The minimum atomic E-state index is -1.41. The number of likely N-dealkylation sites (tertiary alicyclic amines) is 1. The molecule has 2 aromatic carbocycles. The maximum Gasteiger partial charge on any atom is 0.305 e. The smallest absolute Gasteiger partial charge is 0.305 e. The Labute approximate surface area is 255 Å². The molecule has 2 heterocycles. The Bertz CT molecular complexity index is 1550. The average Bonchev–Trinajstić information content (AvgIpc) is 3.37. The Balaban J connectivity index is 1.68. The number of carbonyl (C=O) groups excluding carboxylic acids is 1. The molecule has 10 heteroatoms. The molecule has 3 aromatic rings. The highest BCUT2D eigenvalue weighted by Crippen LogP contribution is 2.33. The number of carboxylic acids is 1. The molecule has 44 heavy (non-hydrogen) atoms. The molecule has 0 spiro atoms. The Morgan fingerprint density at radius 3 is 2.41 bits per heavy atom. The minimum absolute atomic E-state index is 0.0353. The molecule has 1 amide bonds. The van der Waals surface area contributed by atoms with Crippen molar-refractivity contribution in [3.05, 3.63) is 92.9 Å². The van der Waals surface area contributed by atoms with Gasteiger partial charge in [0.25, 0.3) is 5.56 Å². The van der Waals surface area contributed by atoms with Crippen molar-refractivity contribution in [3.8, 4) is 11.1 Å². The Morgan fingerprint density at radius 1 is 1.09 bits per heavy atom. The predicted molar refractivity (Wildman–Crippen MR) is 163 cm³/mol. The van der Waals surface area contributed by atoms with Crippen LogP contribution in [0.15, 0.2) is 53.5 Å². The summed E-state index contributed by atoms with van der Waals surface area (Å²) in [6, 6.07) is 8.58. The number of nitrogens with one attached hydrogen (secondary N) is 1. The summed E-state index contributed by atoms with van der Waals surface area (Å²) in [5.41, 5.74) is 2.76. The van der Waals surface area contributed by atoms with Crippen LogP contribution in [0.25, 0.3) is 11.1 Å². The van der Waals surface area contributed by atoms with Gasteiger partial charge >= 0.3 is 5.97 Å². The van der Waals surface area contributed by atoms with Crippen LogP contribution in [-0.2, 0) is 16.0 Å². The zero-order chi connectivity index (χ0) is 32.1. The van der Waals surface area contributed by atoms with Crippen LogP contribution in [0.2, 0.25) is 0 Å². The molecule has 1 aliphatic rings. The molecule has 7 nitrogen and oxygen atoms in total. The van der Waals surface area contributed by atoms with Gasteiger partial charge in [0, 0.05) is 37.5 Å². The molecule has 4 rings (SSSR count). The number of rotatable bonds is 12. The second-order valence-corrected chi connectivity index (χ2v) is 12.2. The Morgan fingerprint density at radius 2 is 1.80 bits per heavy atom. The van der Waals surface area contributed by atoms with Gasteiger partial charge in [0.05, 0.1) is 12.5 Å². The number of hydrogen-bond acceptors (Lipinski definition) is 4. The van der Waals surface area contributed by atoms with E-state index >= 15 is 8.78 Å². The molecule has 236 valence electrons. The molecule has 1 aromatic heterocycles. The molecule has 2 N–H and O–H groups in total. The molecule has 0 bridgehead atoms. The molecular weight excluding hydrogens is 571 g/mol. The number of aliphatic carboxylic acids is 1. The summed E-state index contributed by atoms with van der Waals surface area (Å²) in [6.07, 6.45) is 1.33. The fourth-order valence-corrected chi connectivity index (χ4v) is 5.97. The number of carboxylic acid groups (broad SMARTS) is 1. The third kappa shape index (κ3) is 7.96. The SMILES string of the molecule is Cc1cccc(C)c1-c1cc(F)c(F)c([C@H](CC(=O)O)NC(=O)C(CC(C)C)n2cc(CCN3CCC(F)C3)ccc2=O)c1. The van der Waals surface area contributed by atoms with Crippen LogP contribution in [-0.4, -0.2) is 52.3 Å². The van der Waals surface area contributed by atoms with E-state index in [0.717, 1.165) is 22.8 Å². The lowest BCUT2D eigenvalue weighted by molar-refractivity contribution is -0.138. The number of alkyl halides is 1. The second-order valence-electron chi connectivity index (χ2n) is 12.2. The van der Waals surface area contributed by atoms with Gasteiger partial charge in [0.15, 0.2) is 11.6 Å². The third-order valence-electron chi connectivity index (χ3n) is 8.16. The van der Waals surface area contributed by atoms with E-state index < -0.39 is 53.7 Å². The van der Waals surface area contributed by atoms with Gasteiger partial charge in [0.1, 0.15) is 12.2 Å². The van der Waals surface area contributed by atoms with Crippen molar-refractivity contribution in [2.75, 3.05) is 19.6 Å². The van der Waals surface area contributed by atoms with E-state index in [9.17, 15) is 23.9 Å². The van der Waals surface area contributed by atoms with Crippen molar-refractivity contribution < 1.29 is 27.9 Å². The highest BCUT2D eigenvalue weighted by Gasteiger charge is 2.30. The van der Waals surface area contributed by atoms with E-state index in [-0.39, 0.29) is 17.9 Å². The van der Waals surface area contributed by atoms with E-state index in [0.29, 0.717) is 43.6 Å². The van der Waals surface area contributed by atoms with Crippen molar-refractivity contribution >= 4 is 11.9 Å². The number of amides is 1. The van der Waals surface area contributed by atoms with Crippen molar-refractivity contribution in [1.29, 1.82) is 0 Å². The molecule has 1 saturated heterocycles. The van der Waals surface area contributed by atoms with Crippen LogP contribution in [0.1, 0.15) is 67.4 Å². The maximum absolute atomic E-state index is 15.3. The van der Waals surface area contributed by atoms with E-state index in [1.807, 2.05) is 50.8 Å². The Kier molecular flexibility index (Phi) is 10.7. The van der Waals surface area contributed by atoms with Gasteiger partial charge in [-0.1, -0.05) is 38.1 Å². The quantitative estimate of drug-likeness (QED) is 0.266. The molecular formula is C34H40F3N3O4. The van der Waals surface area contributed by atoms with Gasteiger partial charge < -0.3 is 19.9 Å². The summed E-state index contributed by atoms with van der Waals surface area (Å²) in [7, 11) is 0. The van der Waals surface area contributed by atoms with Crippen molar-refractivity contribution in [1.82, 2.24) is 14.8 Å². The monoisotopic (exact) mass is 611 g/mol. The lowest BCUT2D eigenvalue weighted by Gasteiger charge is -2.26. The molecule has 1 aliphatic heterocycles. The van der Waals surface area contributed by atoms with Crippen LogP contribution in [0, 0.1) is 31.4 Å². The average molecular weight is 612 g/mol. The fourth-order valence-electron chi connectivity index (χ4n) is 5.97. The highest BCUT2D eigenvalue weighted by molar-refractivity contribution is 5.82. The number of aromatic nitrogens is 1. The van der Waals surface area contributed by atoms with Gasteiger partial charge in [-0.25, -0.2) is 13.2 Å². The van der Waals surface area contributed by atoms with Crippen molar-refractivity contribution in [2.24, 2.45) is 5.92 Å². The summed E-state index contributed by atoms with van der Waals surface area (Å²) in [6.45, 7) is 9.07. The van der Waals surface area contributed by atoms with Crippen LogP contribution < -0.4 is 10.9 Å². The zero-order valence-corrected chi connectivity index (χ0v) is 25.6. The van der Waals surface area contributed by atoms with Gasteiger partial charge in [-0.3, -0.25) is 14.4 Å². The van der Waals surface area contributed by atoms with E-state index in [1.54, 1.807) is 12.3 Å². The largest absolute Gasteiger partial charge is 0.481 e. The number of aryl methyl sites for hydroxylation is 2. The maximum atomic E-state index is 15.3. The molecule has 2 unspecified atom stereocenters. The first-order valence-electron chi connectivity index (χ1n) is 15.0. The number of nitrogens with zero attached hydrogens (tertiary/aromatic N) is 2. The van der Waals surface area contributed by atoms with E-state index in [1.165, 1.54) is 16.7 Å². The van der Waals surface area contributed by atoms with Crippen molar-refractivity contribution in [3.63, 3.8) is 0 Å². The molecule has 1 fully saturated rings. The van der Waals surface area contributed by atoms with Crippen LogP contribution >= 0.6 is 0 Å². The van der Waals surface area contributed by atoms with E-state index in [4.69, 9.17) is 0 Å². The van der Waals surface area contributed by atoms with Gasteiger partial charge in [-0.15, -0.1) is 0 Å². The van der Waals surface area contributed by atoms with Crippen LogP contribution in [0.3, 0.4) is 0 Å². The van der Waals surface area contributed by atoms with Gasteiger partial charge in [-0.2, -0.15) is 0 Å². The Hall–Kier alpha value is -3.92. The first-order chi connectivity index (χ1) is 20.8. The van der Waals surface area contributed by atoms with Crippen molar-refractivity contribution in [2.45, 2.75) is 71.6 Å². The summed E-state index contributed by atoms with van der Waals surface area (Å²) < 4.78 is 45.3. The number of halogens is 3. The minimum Gasteiger partial charge on any atom is -0.481 e.